The zero-order valence-electron chi connectivity index (χ0n) is 14.4. The Kier molecular flexibility index (Phi) is 6.56. The fraction of sp³-hybridized carbons (Fsp3) is 0.500. The molecule has 1 aromatic rings. The number of hydrogen-bond acceptors (Lipinski definition) is 6. The molecule has 1 saturated carbocycles. The predicted octanol–water partition coefficient (Wildman–Crippen LogP) is 3.33. The lowest BCUT2D eigenvalue weighted by Gasteiger charge is -2.31. The number of aliphatic hydroxyl groups is 2. The second-order valence-corrected chi connectivity index (χ2v) is 6.69. The average Bonchev–Trinajstić information content (AvgIpc) is 2.57. The SMILES string of the molecule is CCOC(=O)/C(C=NC1CCC(C)(O)CC1)=C(/O)c1cccnc1Cl. The molecule has 1 heterocycles. The van der Waals surface area contributed by atoms with Crippen LogP contribution >= 0.6 is 11.6 Å². The van der Waals surface area contributed by atoms with E-state index in [0.717, 1.165) is 0 Å². The van der Waals surface area contributed by atoms with E-state index >= 15 is 0 Å². The number of ether oxygens (including phenoxy) is 1. The maximum absolute atomic E-state index is 12.2. The third-order valence-electron chi connectivity index (χ3n) is 4.21. The zero-order chi connectivity index (χ0) is 18.4. The lowest BCUT2D eigenvalue weighted by Crippen LogP contribution is -2.31. The van der Waals surface area contributed by atoms with Crippen molar-refractivity contribution in [3.05, 3.63) is 34.6 Å². The number of carbonyl (C=O) groups excluding carboxylic acids is 1. The van der Waals surface area contributed by atoms with E-state index < -0.39 is 11.6 Å². The summed E-state index contributed by atoms with van der Waals surface area (Å²) in [5, 5.41) is 20.6. The number of rotatable bonds is 5. The van der Waals surface area contributed by atoms with Gasteiger partial charge in [0.25, 0.3) is 0 Å². The summed E-state index contributed by atoms with van der Waals surface area (Å²) in [6, 6.07) is 3.16. The lowest BCUT2D eigenvalue weighted by atomic mass is 9.84. The molecular formula is C18H23ClN2O4. The van der Waals surface area contributed by atoms with E-state index in [-0.39, 0.29) is 34.7 Å². The van der Waals surface area contributed by atoms with Crippen molar-refractivity contribution < 1.29 is 19.7 Å². The molecule has 0 spiro atoms. The van der Waals surface area contributed by atoms with Gasteiger partial charge in [0.2, 0.25) is 0 Å². The van der Waals surface area contributed by atoms with Gasteiger partial charge in [0.05, 0.1) is 23.8 Å². The quantitative estimate of drug-likeness (QED) is 0.274. The first-order valence-corrected chi connectivity index (χ1v) is 8.68. The summed E-state index contributed by atoms with van der Waals surface area (Å²) >= 11 is 6.00. The number of aliphatic imine (C=N–C) groups is 1. The van der Waals surface area contributed by atoms with Gasteiger partial charge in [-0.15, -0.1) is 0 Å². The summed E-state index contributed by atoms with van der Waals surface area (Å²) in [4.78, 5) is 20.5. The third kappa shape index (κ3) is 5.28. The first-order valence-electron chi connectivity index (χ1n) is 8.31. The molecule has 1 aliphatic rings. The highest BCUT2D eigenvalue weighted by atomic mass is 35.5. The van der Waals surface area contributed by atoms with Crippen LogP contribution in [0.25, 0.3) is 5.76 Å². The number of aromatic nitrogens is 1. The Morgan fingerprint density at radius 2 is 2.20 bits per heavy atom. The normalized spacial score (nSPS) is 24.9. The van der Waals surface area contributed by atoms with Crippen molar-refractivity contribution in [1.29, 1.82) is 0 Å². The molecule has 2 N–H and O–H groups in total. The highest BCUT2D eigenvalue weighted by Gasteiger charge is 2.28. The van der Waals surface area contributed by atoms with E-state index in [2.05, 4.69) is 9.98 Å². The molecule has 136 valence electrons. The van der Waals surface area contributed by atoms with Crippen molar-refractivity contribution in [3.63, 3.8) is 0 Å². The van der Waals surface area contributed by atoms with Crippen LogP contribution < -0.4 is 0 Å². The van der Waals surface area contributed by atoms with Crippen molar-refractivity contribution in [2.45, 2.75) is 51.2 Å². The fourth-order valence-electron chi connectivity index (χ4n) is 2.68. The van der Waals surface area contributed by atoms with Crippen LogP contribution in [0.3, 0.4) is 0 Å². The molecule has 0 bridgehead atoms. The minimum atomic E-state index is -0.675. The minimum Gasteiger partial charge on any atom is -0.506 e. The molecular weight excluding hydrogens is 344 g/mol. The molecule has 7 heteroatoms. The monoisotopic (exact) mass is 366 g/mol. The molecule has 1 aromatic heterocycles. The van der Waals surface area contributed by atoms with Crippen molar-refractivity contribution in [2.75, 3.05) is 6.61 Å². The van der Waals surface area contributed by atoms with Gasteiger partial charge < -0.3 is 14.9 Å². The molecule has 0 aromatic carbocycles. The van der Waals surface area contributed by atoms with Crippen LogP contribution in [0.5, 0.6) is 0 Å². The number of nitrogens with zero attached hydrogens (tertiary/aromatic N) is 2. The molecule has 25 heavy (non-hydrogen) atoms. The maximum Gasteiger partial charge on any atom is 0.343 e. The van der Waals surface area contributed by atoms with Gasteiger partial charge in [-0.25, -0.2) is 9.78 Å². The molecule has 1 fully saturated rings. The molecule has 6 nitrogen and oxygen atoms in total. The topological polar surface area (TPSA) is 92.0 Å². The van der Waals surface area contributed by atoms with Gasteiger partial charge in [-0.1, -0.05) is 11.6 Å². The van der Waals surface area contributed by atoms with E-state index in [9.17, 15) is 15.0 Å². The number of hydrogen-bond donors (Lipinski definition) is 2. The van der Waals surface area contributed by atoms with Crippen LogP contribution in [0.4, 0.5) is 0 Å². The Balaban J connectivity index is 2.28. The highest BCUT2D eigenvalue weighted by Crippen LogP contribution is 2.29. The van der Waals surface area contributed by atoms with Crippen molar-refractivity contribution in [3.8, 4) is 0 Å². The van der Waals surface area contributed by atoms with E-state index in [1.54, 1.807) is 19.1 Å². The molecule has 2 rings (SSSR count). The number of esters is 1. The van der Waals surface area contributed by atoms with Gasteiger partial charge in [0.15, 0.2) is 0 Å². The van der Waals surface area contributed by atoms with Crippen molar-refractivity contribution in [2.24, 2.45) is 4.99 Å². The Morgan fingerprint density at radius 3 is 2.80 bits per heavy atom. The second kappa shape index (κ2) is 8.45. The largest absolute Gasteiger partial charge is 0.506 e. The molecule has 0 atom stereocenters. The Labute approximate surface area is 152 Å². The average molecular weight is 367 g/mol. The van der Waals surface area contributed by atoms with Crippen LogP contribution in [0.1, 0.15) is 45.1 Å². The molecule has 0 unspecified atom stereocenters. The van der Waals surface area contributed by atoms with Crippen molar-refractivity contribution >= 4 is 29.5 Å². The first kappa shape index (κ1) is 19.4. The van der Waals surface area contributed by atoms with E-state index in [1.165, 1.54) is 12.4 Å². The van der Waals surface area contributed by atoms with Crippen LogP contribution in [0.15, 0.2) is 28.9 Å². The number of aliphatic hydroxyl groups excluding tert-OH is 1. The summed E-state index contributed by atoms with van der Waals surface area (Å²) in [6.45, 7) is 3.67. The van der Waals surface area contributed by atoms with Crippen LogP contribution in [-0.4, -0.2) is 45.6 Å². The second-order valence-electron chi connectivity index (χ2n) is 6.33. The van der Waals surface area contributed by atoms with E-state index in [1.807, 2.05) is 6.92 Å². The summed E-state index contributed by atoms with van der Waals surface area (Å²) in [6.07, 6.45) is 5.55. The smallest absolute Gasteiger partial charge is 0.343 e. The summed E-state index contributed by atoms with van der Waals surface area (Å²) in [7, 11) is 0. The fourth-order valence-corrected chi connectivity index (χ4v) is 2.89. The summed E-state index contributed by atoms with van der Waals surface area (Å²) in [5.41, 5.74) is -0.476. The Hall–Kier alpha value is -1.92. The highest BCUT2D eigenvalue weighted by molar-refractivity contribution is 6.31. The summed E-state index contributed by atoms with van der Waals surface area (Å²) < 4.78 is 5.01. The van der Waals surface area contributed by atoms with Crippen LogP contribution in [0.2, 0.25) is 5.15 Å². The number of pyridine rings is 1. The van der Waals surface area contributed by atoms with Gasteiger partial charge in [-0.05, 0) is 51.7 Å². The molecule has 0 radical (unpaired) electrons. The Morgan fingerprint density at radius 1 is 1.52 bits per heavy atom. The van der Waals surface area contributed by atoms with Crippen molar-refractivity contribution in [1.82, 2.24) is 4.98 Å². The van der Waals surface area contributed by atoms with E-state index in [4.69, 9.17) is 16.3 Å². The lowest BCUT2D eigenvalue weighted by molar-refractivity contribution is -0.137. The first-order chi connectivity index (χ1) is 11.8. The van der Waals surface area contributed by atoms with Crippen LogP contribution in [0, 0.1) is 0 Å². The molecule has 0 amide bonds. The van der Waals surface area contributed by atoms with Crippen LogP contribution in [-0.2, 0) is 9.53 Å². The Bertz CT molecular complexity index is 675. The summed E-state index contributed by atoms with van der Waals surface area (Å²) in [5.74, 6) is -0.991. The number of halogens is 1. The van der Waals surface area contributed by atoms with Gasteiger partial charge in [0.1, 0.15) is 16.5 Å². The van der Waals surface area contributed by atoms with Gasteiger partial charge in [0, 0.05) is 12.4 Å². The minimum absolute atomic E-state index is 0.0122. The standard InChI is InChI=1S/C18H23ClN2O4/c1-3-25-17(23)14(15(22)13-5-4-10-20-16(13)19)11-21-12-6-8-18(2,24)9-7-12/h4-5,10-12,22,24H,3,6-9H2,1-2H3/b15-14+,21-11?. The van der Waals surface area contributed by atoms with E-state index in [0.29, 0.717) is 25.7 Å². The maximum atomic E-state index is 12.2. The number of carbonyl (C=O) groups is 1. The molecule has 0 aliphatic heterocycles. The molecule has 1 aliphatic carbocycles. The van der Waals surface area contributed by atoms with Gasteiger partial charge in [-0.3, -0.25) is 4.99 Å². The zero-order valence-corrected chi connectivity index (χ0v) is 15.2. The van der Waals surface area contributed by atoms with Gasteiger partial charge >= 0.3 is 5.97 Å². The predicted molar refractivity (Wildman–Crippen MR) is 96.8 cm³/mol. The van der Waals surface area contributed by atoms with Gasteiger partial charge in [-0.2, -0.15) is 0 Å². The molecule has 0 saturated heterocycles. The third-order valence-corrected chi connectivity index (χ3v) is 4.51.